The Morgan fingerprint density at radius 3 is 2.59 bits per heavy atom. The summed E-state index contributed by atoms with van der Waals surface area (Å²) < 4.78 is 0. The molecule has 0 unspecified atom stereocenters. The van der Waals surface area contributed by atoms with Crippen LogP contribution in [0.4, 0.5) is 11.6 Å². The van der Waals surface area contributed by atoms with E-state index >= 15 is 0 Å². The van der Waals surface area contributed by atoms with Gasteiger partial charge in [0.25, 0.3) is 0 Å². The Hall–Kier alpha value is -1.85. The van der Waals surface area contributed by atoms with Gasteiger partial charge in [-0.3, -0.25) is 0 Å². The van der Waals surface area contributed by atoms with E-state index in [1.807, 2.05) is 24.3 Å². The van der Waals surface area contributed by atoms with Gasteiger partial charge in [-0.05, 0) is 62.6 Å². The van der Waals surface area contributed by atoms with E-state index in [1.165, 1.54) is 32.1 Å². The van der Waals surface area contributed by atoms with Crippen molar-refractivity contribution < 1.29 is 5.11 Å². The number of hydrogen-bond acceptors (Lipinski definition) is 5. The molecule has 2 aromatic heterocycles. The topological polar surface area (TPSA) is 70.1 Å². The van der Waals surface area contributed by atoms with Crippen molar-refractivity contribution in [1.29, 1.82) is 0 Å². The lowest BCUT2D eigenvalue weighted by molar-refractivity contribution is 0.126. The summed E-state index contributed by atoms with van der Waals surface area (Å²) in [5, 5.41) is 17.3. The van der Waals surface area contributed by atoms with Crippen LogP contribution in [0.2, 0.25) is 5.02 Å². The first-order chi connectivity index (χ1) is 14.2. The van der Waals surface area contributed by atoms with Gasteiger partial charge in [0.2, 0.25) is 0 Å². The number of aliphatic hydroxyl groups excluding tert-OH is 1. The summed E-state index contributed by atoms with van der Waals surface area (Å²) in [6.07, 6.45) is 11.8. The zero-order chi connectivity index (χ0) is 20.1. The van der Waals surface area contributed by atoms with Gasteiger partial charge < -0.3 is 15.7 Å². The number of nitrogens with zero attached hydrogens (tertiary/aromatic N) is 2. The molecule has 0 radical (unpaired) electrons. The van der Waals surface area contributed by atoms with Crippen molar-refractivity contribution in [3.05, 3.63) is 35.5 Å². The Bertz CT molecular complexity index is 801. The highest BCUT2D eigenvalue weighted by Gasteiger charge is 2.20. The number of rotatable bonds is 6. The third-order valence-corrected chi connectivity index (χ3v) is 6.53. The fourth-order valence-corrected chi connectivity index (χ4v) is 4.67. The molecule has 29 heavy (non-hydrogen) atoms. The highest BCUT2D eigenvalue weighted by molar-refractivity contribution is 6.33. The smallest absolute Gasteiger partial charge is 0.126 e. The van der Waals surface area contributed by atoms with E-state index in [0.717, 1.165) is 61.0 Å². The number of halogens is 1. The Labute approximate surface area is 178 Å². The number of pyridine rings is 2. The maximum absolute atomic E-state index is 9.70. The van der Waals surface area contributed by atoms with Crippen LogP contribution in [0.5, 0.6) is 0 Å². The lowest BCUT2D eigenvalue weighted by atomic mass is 9.89. The summed E-state index contributed by atoms with van der Waals surface area (Å²) in [7, 11) is 0. The van der Waals surface area contributed by atoms with Crippen LogP contribution in [0, 0.1) is 5.92 Å². The van der Waals surface area contributed by atoms with Crippen molar-refractivity contribution in [2.75, 3.05) is 17.2 Å². The van der Waals surface area contributed by atoms with Gasteiger partial charge in [-0.1, -0.05) is 36.9 Å². The number of anilines is 2. The van der Waals surface area contributed by atoms with Crippen molar-refractivity contribution in [3.8, 4) is 11.3 Å². The number of nitrogens with one attached hydrogen (secondary N) is 2. The van der Waals surface area contributed by atoms with Gasteiger partial charge in [0, 0.05) is 24.3 Å². The molecule has 0 bridgehead atoms. The van der Waals surface area contributed by atoms with Gasteiger partial charge in [-0.25, -0.2) is 9.97 Å². The van der Waals surface area contributed by atoms with Crippen LogP contribution in [-0.2, 0) is 0 Å². The van der Waals surface area contributed by atoms with E-state index in [2.05, 4.69) is 15.6 Å². The van der Waals surface area contributed by atoms with Crippen LogP contribution in [0.3, 0.4) is 0 Å². The van der Waals surface area contributed by atoms with Gasteiger partial charge in [0.05, 0.1) is 16.8 Å². The molecule has 2 heterocycles. The minimum Gasteiger partial charge on any atom is -0.393 e. The molecule has 0 atom stereocenters. The minimum atomic E-state index is -0.158. The van der Waals surface area contributed by atoms with E-state index in [1.54, 1.807) is 6.20 Å². The molecule has 6 heteroatoms. The Balaban J connectivity index is 1.44. The van der Waals surface area contributed by atoms with Crippen LogP contribution in [0.15, 0.2) is 30.5 Å². The third-order valence-electron chi connectivity index (χ3n) is 6.23. The molecule has 3 N–H and O–H groups in total. The van der Waals surface area contributed by atoms with Gasteiger partial charge in [0.15, 0.2) is 0 Å². The molecule has 2 saturated carbocycles. The lowest BCUT2D eigenvalue weighted by Gasteiger charge is -2.26. The van der Waals surface area contributed by atoms with Crippen molar-refractivity contribution in [1.82, 2.24) is 9.97 Å². The third kappa shape index (κ3) is 5.61. The summed E-state index contributed by atoms with van der Waals surface area (Å²) in [6.45, 7) is 0.987. The van der Waals surface area contributed by atoms with Gasteiger partial charge in [-0.15, -0.1) is 0 Å². The average Bonchev–Trinajstić information content (AvgIpc) is 2.76. The first-order valence-electron chi connectivity index (χ1n) is 11.0. The van der Waals surface area contributed by atoms with Crippen LogP contribution in [0.25, 0.3) is 11.3 Å². The van der Waals surface area contributed by atoms with E-state index in [0.29, 0.717) is 11.1 Å². The van der Waals surface area contributed by atoms with Crippen molar-refractivity contribution in [2.24, 2.45) is 5.92 Å². The maximum Gasteiger partial charge on any atom is 0.126 e. The van der Waals surface area contributed by atoms with Crippen molar-refractivity contribution in [2.45, 2.75) is 69.9 Å². The van der Waals surface area contributed by atoms with Crippen LogP contribution in [-0.4, -0.2) is 33.8 Å². The van der Waals surface area contributed by atoms with Crippen LogP contribution >= 0.6 is 11.6 Å². The molecule has 2 aliphatic carbocycles. The molecule has 156 valence electrons. The highest BCUT2D eigenvalue weighted by atomic mass is 35.5. The Morgan fingerprint density at radius 1 is 1.00 bits per heavy atom. The number of aliphatic hydroxyl groups is 1. The van der Waals surface area contributed by atoms with Crippen molar-refractivity contribution >= 4 is 23.2 Å². The first kappa shape index (κ1) is 20.4. The van der Waals surface area contributed by atoms with E-state index in [-0.39, 0.29) is 6.10 Å². The predicted molar refractivity (Wildman–Crippen MR) is 119 cm³/mol. The predicted octanol–water partition coefficient (Wildman–Crippen LogP) is 5.50. The Morgan fingerprint density at radius 2 is 1.79 bits per heavy atom. The van der Waals surface area contributed by atoms with E-state index in [4.69, 9.17) is 16.6 Å². The molecule has 4 rings (SSSR count). The molecule has 0 amide bonds. The fraction of sp³-hybridized carbons (Fsp3) is 0.565. The standard InChI is InChI=1S/C23H31ClN4O/c24-20-15-26-23(27-17-9-11-18(29)12-10-17)13-19(20)21-7-4-8-22(28-21)25-14-16-5-2-1-3-6-16/h4,7-8,13,15-18,29H,1-3,5-6,9-12,14H2,(H,25,28)(H,26,27). The average molecular weight is 415 g/mol. The summed E-state index contributed by atoms with van der Waals surface area (Å²) in [5.41, 5.74) is 1.74. The molecule has 0 aromatic carbocycles. The Kier molecular flexibility index (Phi) is 6.88. The van der Waals surface area contributed by atoms with Crippen LogP contribution in [0.1, 0.15) is 57.8 Å². The quantitative estimate of drug-likeness (QED) is 0.581. The number of aromatic nitrogens is 2. The molecular formula is C23H31ClN4O. The van der Waals surface area contributed by atoms with Crippen molar-refractivity contribution in [3.63, 3.8) is 0 Å². The normalized spacial score (nSPS) is 23.0. The van der Waals surface area contributed by atoms with Crippen LogP contribution < -0.4 is 10.6 Å². The second-order valence-corrected chi connectivity index (χ2v) is 8.90. The summed E-state index contributed by atoms with van der Waals surface area (Å²) >= 11 is 6.46. The first-order valence-corrected chi connectivity index (χ1v) is 11.4. The zero-order valence-corrected chi connectivity index (χ0v) is 17.7. The highest BCUT2D eigenvalue weighted by Crippen LogP contribution is 2.30. The second kappa shape index (κ2) is 9.77. The molecule has 2 aliphatic rings. The SMILES string of the molecule is OC1CCC(Nc2cc(-c3cccc(NCC4CCCCC4)n3)c(Cl)cn2)CC1. The summed E-state index contributed by atoms with van der Waals surface area (Å²) in [5.74, 6) is 2.47. The van der Waals surface area contributed by atoms with Gasteiger partial charge >= 0.3 is 0 Å². The molecule has 0 spiro atoms. The molecule has 5 nitrogen and oxygen atoms in total. The fourth-order valence-electron chi connectivity index (χ4n) is 4.47. The van der Waals surface area contributed by atoms with E-state index < -0.39 is 0 Å². The molecular weight excluding hydrogens is 384 g/mol. The summed E-state index contributed by atoms with van der Waals surface area (Å²) in [6, 6.07) is 8.37. The monoisotopic (exact) mass is 414 g/mol. The number of hydrogen-bond donors (Lipinski definition) is 3. The molecule has 2 fully saturated rings. The zero-order valence-electron chi connectivity index (χ0n) is 16.9. The van der Waals surface area contributed by atoms with Gasteiger partial charge in [0.1, 0.15) is 11.6 Å². The van der Waals surface area contributed by atoms with E-state index in [9.17, 15) is 5.11 Å². The maximum atomic E-state index is 9.70. The largest absolute Gasteiger partial charge is 0.393 e. The molecule has 0 aliphatic heterocycles. The minimum absolute atomic E-state index is 0.158. The second-order valence-electron chi connectivity index (χ2n) is 8.49. The molecule has 2 aromatic rings. The summed E-state index contributed by atoms with van der Waals surface area (Å²) in [4.78, 5) is 9.25. The van der Waals surface area contributed by atoms with Gasteiger partial charge in [-0.2, -0.15) is 0 Å². The molecule has 0 saturated heterocycles. The lowest BCUT2D eigenvalue weighted by Crippen LogP contribution is -2.28.